The largest absolute Gasteiger partial charge is 0.493 e. The third kappa shape index (κ3) is 5.13. The van der Waals surface area contributed by atoms with E-state index < -0.39 is 0 Å². The van der Waals surface area contributed by atoms with Gasteiger partial charge in [0.25, 0.3) is 0 Å². The normalized spacial score (nSPS) is 10.7. The number of tetrazole rings is 1. The summed E-state index contributed by atoms with van der Waals surface area (Å²) in [5.41, 5.74) is 1.94. The van der Waals surface area contributed by atoms with Crippen LogP contribution >= 0.6 is 11.6 Å². The smallest absolute Gasteiger partial charge is 0.243 e. The van der Waals surface area contributed by atoms with Crippen LogP contribution in [0.5, 0.6) is 11.5 Å². The van der Waals surface area contributed by atoms with Gasteiger partial charge < -0.3 is 14.8 Å². The van der Waals surface area contributed by atoms with Gasteiger partial charge in [-0.15, -0.1) is 0 Å². The molecule has 0 aliphatic heterocycles. The van der Waals surface area contributed by atoms with E-state index in [4.69, 9.17) is 21.1 Å². The fraction of sp³-hybridized carbons (Fsp3) is 0.350. The summed E-state index contributed by atoms with van der Waals surface area (Å²) in [7, 11) is 1.63. The van der Waals surface area contributed by atoms with E-state index in [1.54, 1.807) is 11.8 Å². The molecule has 0 fully saturated rings. The third-order valence-corrected chi connectivity index (χ3v) is 4.48. The highest BCUT2D eigenvalue weighted by Gasteiger charge is 2.13. The number of anilines is 1. The van der Waals surface area contributed by atoms with Gasteiger partial charge >= 0.3 is 0 Å². The van der Waals surface area contributed by atoms with Crippen molar-refractivity contribution in [2.75, 3.05) is 12.4 Å². The zero-order valence-corrected chi connectivity index (χ0v) is 16.8. The van der Waals surface area contributed by atoms with Gasteiger partial charge in [0.15, 0.2) is 11.5 Å². The van der Waals surface area contributed by atoms with Crippen molar-refractivity contribution in [1.82, 2.24) is 20.2 Å². The second-order valence-electron chi connectivity index (χ2n) is 6.30. The van der Waals surface area contributed by atoms with E-state index in [0.29, 0.717) is 35.6 Å². The Labute approximate surface area is 169 Å². The summed E-state index contributed by atoms with van der Waals surface area (Å²) in [6.45, 7) is 3.82. The van der Waals surface area contributed by atoms with Crippen LogP contribution in [0, 0.1) is 0 Å². The molecule has 0 bridgehead atoms. The van der Waals surface area contributed by atoms with Crippen LogP contribution in [0.2, 0.25) is 5.02 Å². The second-order valence-corrected chi connectivity index (χ2v) is 6.74. The molecule has 0 aliphatic carbocycles. The van der Waals surface area contributed by atoms with Crippen LogP contribution < -0.4 is 14.8 Å². The van der Waals surface area contributed by atoms with Gasteiger partial charge in [0, 0.05) is 23.7 Å². The number of methoxy groups -OCH3 is 1. The number of halogens is 1. The van der Waals surface area contributed by atoms with Crippen LogP contribution in [0.25, 0.3) is 0 Å². The molecule has 1 N–H and O–H groups in total. The summed E-state index contributed by atoms with van der Waals surface area (Å²) in [5.74, 6) is 1.99. The first-order chi connectivity index (χ1) is 13.7. The van der Waals surface area contributed by atoms with Crippen LogP contribution in [0.15, 0.2) is 42.5 Å². The average Bonchev–Trinajstić information content (AvgIpc) is 3.16. The van der Waals surface area contributed by atoms with Crippen LogP contribution in [-0.2, 0) is 19.7 Å². The molecule has 3 rings (SSSR count). The SMILES string of the molecule is CCCCn1nnnc1NCc1cccc(OC)c1OCc1cccc(Cl)c1. The maximum Gasteiger partial charge on any atom is 0.243 e. The van der Waals surface area contributed by atoms with Crippen molar-refractivity contribution in [3.05, 3.63) is 58.6 Å². The first kappa shape index (κ1) is 19.9. The minimum absolute atomic E-state index is 0.391. The molecular formula is C20H24ClN5O2. The first-order valence-electron chi connectivity index (χ1n) is 9.24. The quantitative estimate of drug-likeness (QED) is 0.545. The molecular weight excluding hydrogens is 378 g/mol. The van der Waals surface area contributed by atoms with E-state index in [0.717, 1.165) is 30.5 Å². The van der Waals surface area contributed by atoms with Crippen molar-refractivity contribution in [1.29, 1.82) is 0 Å². The van der Waals surface area contributed by atoms with Crippen molar-refractivity contribution in [3.63, 3.8) is 0 Å². The number of nitrogens with zero attached hydrogens (tertiary/aromatic N) is 4. The van der Waals surface area contributed by atoms with Gasteiger partial charge in [0.05, 0.1) is 7.11 Å². The van der Waals surface area contributed by atoms with Crippen LogP contribution in [-0.4, -0.2) is 27.3 Å². The summed E-state index contributed by atoms with van der Waals surface area (Å²) in [6.07, 6.45) is 2.10. The second kappa shape index (κ2) is 9.94. The van der Waals surface area contributed by atoms with Crippen molar-refractivity contribution in [2.45, 2.75) is 39.5 Å². The Balaban J connectivity index is 1.73. The van der Waals surface area contributed by atoms with Crippen LogP contribution in [0.1, 0.15) is 30.9 Å². The molecule has 148 valence electrons. The summed E-state index contributed by atoms with van der Waals surface area (Å²) >= 11 is 6.06. The number of para-hydroxylation sites is 1. The van der Waals surface area contributed by atoms with Gasteiger partial charge in [-0.1, -0.05) is 54.3 Å². The summed E-state index contributed by atoms with van der Waals surface area (Å²) in [4.78, 5) is 0. The van der Waals surface area contributed by atoms with E-state index in [9.17, 15) is 0 Å². The van der Waals surface area contributed by atoms with E-state index in [-0.39, 0.29) is 0 Å². The molecule has 0 radical (unpaired) electrons. The monoisotopic (exact) mass is 401 g/mol. The van der Waals surface area contributed by atoms with Gasteiger partial charge in [0.1, 0.15) is 6.61 Å². The Bertz CT molecular complexity index is 900. The molecule has 28 heavy (non-hydrogen) atoms. The standard InChI is InChI=1S/C20H24ClN5O2/c1-3-4-11-26-20(23-24-25-26)22-13-16-8-6-10-18(27-2)19(16)28-14-15-7-5-9-17(21)12-15/h5-10,12H,3-4,11,13-14H2,1-2H3,(H,22,23,25). The Hall–Kier alpha value is -2.80. The summed E-state index contributed by atoms with van der Waals surface area (Å²) < 4.78 is 13.3. The number of rotatable bonds is 10. The van der Waals surface area contributed by atoms with Crippen molar-refractivity contribution in [2.24, 2.45) is 0 Å². The Kier molecular flexibility index (Phi) is 7.08. The topological polar surface area (TPSA) is 74.1 Å². The summed E-state index contributed by atoms with van der Waals surface area (Å²) in [5, 5.41) is 15.8. The molecule has 7 nitrogen and oxygen atoms in total. The zero-order valence-electron chi connectivity index (χ0n) is 16.1. The number of aryl methyl sites for hydroxylation is 1. The maximum absolute atomic E-state index is 6.08. The van der Waals surface area contributed by atoms with Crippen molar-refractivity contribution in [3.8, 4) is 11.5 Å². The molecule has 0 aliphatic rings. The Morgan fingerprint density at radius 1 is 1.18 bits per heavy atom. The Morgan fingerprint density at radius 2 is 2.04 bits per heavy atom. The van der Waals surface area contributed by atoms with E-state index in [1.807, 2.05) is 42.5 Å². The lowest BCUT2D eigenvalue weighted by Gasteiger charge is -2.16. The van der Waals surface area contributed by atoms with E-state index in [2.05, 4.69) is 27.8 Å². The van der Waals surface area contributed by atoms with Crippen LogP contribution in [0.3, 0.4) is 0 Å². The molecule has 0 atom stereocenters. The number of ether oxygens (including phenoxy) is 2. The van der Waals surface area contributed by atoms with Gasteiger partial charge in [0.2, 0.25) is 5.95 Å². The highest BCUT2D eigenvalue weighted by atomic mass is 35.5. The van der Waals surface area contributed by atoms with E-state index >= 15 is 0 Å². The summed E-state index contributed by atoms with van der Waals surface area (Å²) in [6, 6.07) is 13.4. The molecule has 3 aromatic rings. The number of aromatic nitrogens is 4. The minimum atomic E-state index is 0.391. The third-order valence-electron chi connectivity index (χ3n) is 4.24. The van der Waals surface area contributed by atoms with E-state index in [1.165, 1.54) is 0 Å². The predicted octanol–water partition coefficient (Wildman–Crippen LogP) is 4.33. The number of nitrogens with one attached hydrogen (secondary N) is 1. The fourth-order valence-corrected chi connectivity index (χ4v) is 2.98. The molecule has 1 aromatic heterocycles. The molecule has 0 saturated carbocycles. The fourth-order valence-electron chi connectivity index (χ4n) is 2.77. The first-order valence-corrected chi connectivity index (χ1v) is 9.62. The number of hydrogen-bond donors (Lipinski definition) is 1. The molecule has 0 spiro atoms. The average molecular weight is 402 g/mol. The molecule has 2 aromatic carbocycles. The van der Waals surface area contributed by atoms with Gasteiger partial charge in [-0.25, -0.2) is 4.68 Å². The highest BCUT2D eigenvalue weighted by molar-refractivity contribution is 6.30. The molecule has 0 amide bonds. The molecule has 8 heteroatoms. The van der Waals surface area contributed by atoms with Gasteiger partial charge in [-0.3, -0.25) is 0 Å². The number of hydrogen-bond acceptors (Lipinski definition) is 6. The predicted molar refractivity (Wildman–Crippen MR) is 109 cm³/mol. The van der Waals surface area contributed by atoms with Crippen molar-refractivity contribution < 1.29 is 9.47 Å². The molecule has 0 saturated heterocycles. The molecule has 1 heterocycles. The number of benzene rings is 2. The lowest BCUT2D eigenvalue weighted by molar-refractivity contribution is 0.281. The molecule has 0 unspecified atom stereocenters. The highest BCUT2D eigenvalue weighted by Crippen LogP contribution is 2.32. The minimum Gasteiger partial charge on any atom is -0.493 e. The number of unbranched alkanes of at least 4 members (excludes halogenated alkanes) is 1. The zero-order chi connectivity index (χ0) is 19.8. The van der Waals surface area contributed by atoms with Crippen LogP contribution in [0.4, 0.5) is 5.95 Å². The lowest BCUT2D eigenvalue weighted by atomic mass is 10.1. The Morgan fingerprint density at radius 3 is 2.82 bits per heavy atom. The maximum atomic E-state index is 6.08. The van der Waals surface area contributed by atoms with Gasteiger partial charge in [-0.05, 0) is 40.6 Å². The lowest BCUT2D eigenvalue weighted by Crippen LogP contribution is -2.10. The van der Waals surface area contributed by atoms with Gasteiger partial charge in [-0.2, -0.15) is 0 Å². The van der Waals surface area contributed by atoms with Crippen molar-refractivity contribution >= 4 is 17.5 Å².